The Labute approximate surface area is 205 Å². The Morgan fingerprint density at radius 1 is 0.971 bits per heavy atom. The van der Waals surface area contributed by atoms with Crippen molar-refractivity contribution in [1.29, 1.82) is 0 Å². The second-order valence-electron chi connectivity index (χ2n) is 7.46. The highest BCUT2D eigenvalue weighted by Gasteiger charge is 2.18. The van der Waals surface area contributed by atoms with Crippen molar-refractivity contribution in [2.24, 2.45) is 0 Å². The molecule has 1 heterocycles. The van der Waals surface area contributed by atoms with Crippen LogP contribution in [0.15, 0.2) is 83.7 Å². The number of amides is 1. The van der Waals surface area contributed by atoms with E-state index in [1.54, 1.807) is 67.6 Å². The number of halogens is 1. The standard InChI is InChI=1S/C26H20ClN3O5/c1-16-15-22(31)24(29-30(16)19-11-7-17(27)8-12-19)26(33)35-20-13-9-18(10-14-20)28-25(32)21-5-3-4-6-23(21)34-2/h3-15H,1-2H3,(H,28,32). The second kappa shape index (κ2) is 10.2. The van der Waals surface area contributed by atoms with Crippen LogP contribution in [0.25, 0.3) is 5.69 Å². The normalized spacial score (nSPS) is 10.5. The van der Waals surface area contributed by atoms with E-state index in [1.807, 2.05) is 0 Å². The fourth-order valence-electron chi connectivity index (χ4n) is 3.32. The molecule has 0 spiro atoms. The van der Waals surface area contributed by atoms with Crippen molar-refractivity contribution in [2.45, 2.75) is 6.92 Å². The minimum absolute atomic E-state index is 0.185. The Morgan fingerprint density at radius 2 is 1.66 bits per heavy atom. The molecule has 1 aromatic heterocycles. The molecule has 0 aliphatic rings. The van der Waals surface area contributed by atoms with Crippen molar-refractivity contribution in [2.75, 3.05) is 12.4 Å². The molecule has 0 bridgehead atoms. The number of rotatable bonds is 6. The summed E-state index contributed by atoms with van der Waals surface area (Å²) in [6.07, 6.45) is 0. The van der Waals surface area contributed by atoms with Gasteiger partial charge in [0.1, 0.15) is 11.5 Å². The summed E-state index contributed by atoms with van der Waals surface area (Å²) >= 11 is 5.94. The molecule has 0 atom stereocenters. The Balaban J connectivity index is 1.50. The van der Waals surface area contributed by atoms with Crippen LogP contribution in [0.3, 0.4) is 0 Å². The fourth-order valence-corrected chi connectivity index (χ4v) is 3.45. The fraction of sp³-hybridized carbons (Fsp3) is 0.0769. The van der Waals surface area contributed by atoms with Crippen molar-refractivity contribution in [3.8, 4) is 17.2 Å². The number of carbonyl (C=O) groups is 2. The minimum Gasteiger partial charge on any atom is -0.496 e. The molecular formula is C26H20ClN3O5. The van der Waals surface area contributed by atoms with E-state index in [0.29, 0.717) is 33.4 Å². The molecule has 176 valence electrons. The number of methoxy groups -OCH3 is 1. The summed E-state index contributed by atoms with van der Waals surface area (Å²) in [4.78, 5) is 37.7. The first-order valence-electron chi connectivity index (χ1n) is 10.5. The molecule has 1 N–H and O–H groups in total. The molecule has 0 saturated heterocycles. The number of aryl methyl sites for hydroxylation is 1. The van der Waals surface area contributed by atoms with Gasteiger partial charge in [0.15, 0.2) is 0 Å². The van der Waals surface area contributed by atoms with Gasteiger partial charge in [-0.15, -0.1) is 0 Å². The third-order valence-corrected chi connectivity index (χ3v) is 5.30. The first-order chi connectivity index (χ1) is 16.9. The van der Waals surface area contributed by atoms with E-state index in [9.17, 15) is 14.4 Å². The number of ether oxygens (including phenoxy) is 2. The third kappa shape index (κ3) is 5.39. The van der Waals surface area contributed by atoms with Gasteiger partial charge >= 0.3 is 5.97 Å². The average Bonchev–Trinajstić information content (AvgIpc) is 2.86. The van der Waals surface area contributed by atoms with Gasteiger partial charge in [0.2, 0.25) is 11.1 Å². The number of nitrogens with one attached hydrogen (secondary N) is 1. The molecule has 0 unspecified atom stereocenters. The minimum atomic E-state index is -0.900. The number of nitrogens with zero attached hydrogens (tertiary/aromatic N) is 2. The number of hydrogen-bond donors (Lipinski definition) is 1. The quantitative estimate of drug-likeness (QED) is 0.312. The van der Waals surface area contributed by atoms with Crippen LogP contribution in [0.5, 0.6) is 11.5 Å². The first kappa shape index (κ1) is 23.7. The van der Waals surface area contributed by atoms with Gasteiger partial charge in [-0.25, -0.2) is 9.48 Å². The van der Waals surface area contributed by atoms with Crippen LogP contribution in [-0.4, -0.2) is 28.8 Å². The Kier molecular flexibility index (Phi) is 6.93. The molecule has 3 aromatic carbocycles. The van der Waals surface area contributed by atoms with Crippen molar-refractivity contribution in [3.63, 3.8) is 0 Å². The van der Waals surface area contributed by atoms with Gasteiger partial charge in [0.25, 0.3) is 5.91 Å². The SMILES string of the molecule is COc1ccccc1C(=O)Nc1ccc(OC(=O)c2nn(-c3ccc(Cl)cc3)c(C)cc2=O)cc1. The summed E-state index contributed by atoms with van der Waals surface area (Å²) in [5.74, 6) is -0.613. The van der Waals surface area contributed by atoms with E-state index in [4.69, 9.17) is 21.1 Å². The predicted octanol–water partition coefficient (Wildman–Crippen LogP) is 4.67. The van der Waals surface area contributed by atoms with E-state index < -0.39 is 11.4 Å². The molecule has 0 fully saturated rings. The summed E-state index contributed by atoms with van der Waals surface area (Å²) in [6, 6.07) is 21.1. The maximum atomic E-state index is 12.7. The first-order valence-corrected chi connectivity index (χ1v) is 10.9. The highest BCUT2D eigenvalue weighted by atomic mass is 35.5. The van der Waals surface area contributed by atoms with Gasteiger partial charge in [-0.1, -0.05) is 23.7 Å². The summed E-state index contributed by atoms with van der Waals surface area (Å²) < 4.78 is 12.0. The zero-order valence-electron chi connectivity index (χ0n) is 18.8. The van der Waals surface area contributed by atoms with Crippen LogP contribution in [0.4, 0.5) is 5.69 Å². The van der Waals surface area contributed by atoms with Gasteiger partial charge < -0.3 is 14.8 Å². The van der Waals surface area contributed by atoms with Crippen LogP contribution in [0.1, 0.15) is 26.5 Å². The smallest absolute Gasteiger partial charge is 0.368 e. The van der Waals surface area contributed by atoms with E-state index in [-0.39, 0.29) is 17.4 Å². The lowest BCUT2D eigenvalue weighted by Crippen LogP contribution is -2.25. The van der Waals surface area contributed by atoms with Crippen molar-refractivity contribution in [1.82, 2.24) is 9.78 Å². The monoisotopic (exact) mass is 489 g/mol. The molecule has 0 aliphatic heterocycles. The number of para-hydroxylation sites is 1. The summed E-state index contributed by atoms with van der Waals surface area (Å²) in [5, 5.41) is 7.50. The maximum Gasteiger partial charge on any atom is 0.368 e. The lowest BCUT2D eigenvalue weighted by molar-refractivity contribution is 0.0724. The van der Waals surface area contributed by atoms with Crippen LogP contribution in [0.2, 0.25) is 5.02 Å². The molecule has 35 heavy (non-hydrogen) atoms. The van der Waals surface area contributed by atoms with E-state index in [2.05, 4.69) is 10.4 Å². The number of benzene rings is 3. The lowest BCUT2D eigenvalue weighted by Gasteiger charge is -2.11. The molecule has 9 heteroatoms. The maximum absolute atomic E-state index is 12.7. The molecule has 0 saturated carbocycles. The van der Waals surface area contributed by atoms with Crippen molar-refractivity contribution < 1.29 is 19.1 Å². The molecule has 0 radical (unpaired) electrons. The average molecular weight is 490 g/mol. The molecule has 1 amide bonds. The third-order valence-electron chi connectivity index (χ3n) is 5.05. The van der Waals surface area contributed by atoms with Crippen molar-refractivity contribution in [3.05, 3.63) is 111 Å². The van der Waals surface area contributed by atoms with Gasteiger partial charge in [0.05, 0.1) is 18.4 Å². The van der Waals surface area contributed by atoms with E-state index in [0.717, 1.165) is 0 Å². The van der Waals surface area contributed by atoms with E-state index >= 15 is 0 Å². The Hall–Kier alpha value is -4.43. The zero-order valence-corrected chi connectivity index (χ0v) is 19.6. The molecule has 4 rings (SSSR count). The number of aromatic nitrogens is 2. The molecule has 0 aliphatic carbocycles. The second-order valence-corrected chi connectivity index (χ2v) is 7.89. The van der Waals surface area contributed by atoms with Crippen molar-refractivity contribution >= 4 is 29.2 Å². The van der Waals surface area contributed by atoms with Crippen LogP contribution in [-0.2, 0) is 0 Å². The number of esters is 1. The molecule has 8 nitrogen and oxygen atoms in total. The lowest BCUT2D eigenvalue weighted by atomic mass is 10.2. The molecule has 4 aromatic rings. The molecular weight excluding hydrogens is 470 g/mol. The van der Waals surface area contributed by atoms with Gasteiger partial charge in [0, 0.05) is 22.5 Å². The van der Waals surface area contributed by atoms with Crippen LogP contribution < -0.4 is 20.2 Å². The van der Waals surface area contributed by atoms with Gasteiger partial charge in [-0.2, -0.15) is 5.10 Å². The number of hydrogen-bond acceptors (Lipinski definition) is 6. The van der Waals surface area contributed by atoms with Crippen LogP contribution in [0, 0.1) is 6.92 Å². The summed E-state index contributed by atoms with van der Waals surface area (Å²) in [6.45, 7) is 1.70. The van der Waals surface area contributed by atoms with Crippen LogP contribution >= 0.6 is 11.6 Å². The highest BCUT2D eigenvalue weighted by Crippen LogP contribution is 2.21. The highest BCUT2D eigenvalue weighted by molar-refractivity contribution is 6.30. The topological polar surface area (TPSA) is 99.5 Å². The summed E-state index contributed by atoms with van der Waals surface area (Å²) in [7, 11) is 1.49. The Morgan fingerprint density at radius 3 is 2.34 bits per heavy atom. The summed E-state index contributed by atoms with van der Waals surface area (Å²) in [5.41, 5.74) is 1.13. The largest absolute Gasteiger partial charge is 0.496 e. The number of carbonyl (C=O) groups excluding carboxylic acids is 2. The Bertz CT molecular complexity index is 1450. The van der Waals surface area contributed by atoms with Gasteiger partial charge in [-0.05, 0) is 67.6 Å². The predicted molar refractivity (Wildman–Crippen MR) is 132 cm³/mol. The van der Waals surface area contributed by atoms with Gasteiger partial charge in [-0.3, -0.25) is 9.59 Å². The zero-order chi connectivity index (χ0) is 24.9. The van der Waals surface area contributed by atoms with E-state index in [1.165, 1.54) is 30.0 Å². The number of anilines is 1.